The van der Waals surface area contributed by atoms with E-state index in [1.807, 2.05) is 0 Å². The molecule has 0 spiro atoms. The van der Waals surface area contributed by atoms with Gasteiger partial charge in [0.2, 0.25) is 0 Å². The van der Waals surface area contributed by atoms with Crippen molar-refractivity contribution in [3.05, 3.63) is 0 Å². The van der Waals surface area contributed by atoms with E-state index >= 15 is 0 Å². The van der Waals surface area contributed by atoms with Crippen LogP contribution in [-0.4, -0.2) is 0 Å². The van der Waals surface area contributed by atoms with E-state index in [4.69, 9.17) is 0 Å². The summed E-state index contributed by atoms with van der Waals surface area (Å²) in [7, 11) is 0. The van der Waals surface area contributed by atoms with Crippen molar-refractivity contribution in [3.8, 4) is 11.8 Å². The fourth-order valence-electron chi connectivity index (χ4n) is 1.22. The molecule has 1 aliphatic carbocycles. The summed E-state index contributed by atoms with van der Waals surface area (Å²) < 4.78 is 0. The van der Waals surface area contributed by atoms with Crippen LogP contribution >= 0.6 is 0 Å². The first-order chi connectivity index (χ1) is 4.30. The van der Waals surface area contributed by atoms with Crippen LogP contribution in [0.25, 0.3) is 0 Å². The van der Waals surface area contributed by atoms with E-state index in [2.05, 4.69) is 25.7 Å². The average Bonchev–Trinajstić information content (AvgIpc) is 1.90. The summed E-state index contributed by atoms with van der Waals surface area (Å²) in [6, 6.07) is 0. The van der Waals surface area contributed by atoms with Gasteiger partial charge in [-0.2, -0.15) is 0 Å². The predicted octanol–water partition coefficient (Wildman–Crippen LogP) is 2.45. The topological polar surface area (TPSA) is 0 Å². The molecule has 0 bridgehead atoms. The maximum atomic E-state index is 3.17. The Labute approximate surface area is 57.7 Å². The highest BCUT2D eigenvalue weighted by Gasteiger charge is 2.12. The third kappa shape index (κ3) is 1.75. The molecule has 1 aliphatic rings. The molecule has 1 unspecified atom stereocenters. The Morgan fingerprint density at radius 1 is 1.33 bits per heavy atom. The molecular formula is C9H14. The number of rotatable bonds is 1. The van der Waals surface area contributed by atoms with E-state index in [1.165, 1.54) is 6.42 Å². The van der Waals surface area contributed by atoms with Gasteiger partial charge in [-0.1, -0.05) is 13.8 Å². The van der Waals surface area contributed by atoms with Gasteiger partial charge in [0.1, 0.15) is 0 Å². The van der Waals surface area contributed by atoms with Crippen LogP contribution in [0.15, 0.2) is 0 Å². The van der Waals surface area contributed by atoms with Gasteiger partial charge in [-0.15, -0.1) is 11.8 Å². The summed E-state index contributed by atoms with van der Waals surface area (Å²) in [4.78, 5) is 0. The van der Waals surface area contributed by atoms with E-state index in [9.17, 15) is 0 Å². The van der Waals surface area contributed by atoms with Crippen LogP contribution in [0, 0.1) is 23.7 Å². The molecule has 1 rings (SSSR count). The van der Waals surface area contributed by atoms with E-state index in [-0.39, 0.29) is 0 Å². The lowest BCUT2D eigenvalue weighted by Crippen LogP contribution is -2.09. The fourth-order valence-corrected chi connectivity index (χ4v) is 1.22. The van der Waals surface area contributed by atoms with Crippen LogP contribution < -0.4 is 0 Å². The van der Waals surface area contributed by atoms with Gasteiger partial charge in [0.15, 0.2) is 0 Å². The van der Waals surface area contributed by atoms with Crippen LogP contribution in [0.1, 0.15) is 33.1 Å². The van der Waals surface area contributed by atoms with Crippen molar-refractivity contribution < 1.29 is 0 Å². The molecule has 0 aromatic rings. The van der Waals surface area contributed by atoms with E-state index in [0.717, 1.165) is 24.7 Å². The zero-order valence-corrected chi connectivity index (χ0v) is 6.28. The Balaban J connectivity index is 2.39. The van der Waals surface area contributed by atoms with Crippen molar-refractivity contribution in [2.75, 3.05) is 0 Å². The van der Waals surface area contributed by atoms with E-state index < -0.39 is 0 Å². The Bertz CT molecular complexity index is 134. The van der Waals surface area contributed by atoms with Crippen LogP contribution in [0.3, 0.4) is 0 Å². The molecule has 0 saturated carbocycles. The van der Waals surface area contributed by atoms with Crippen molar-refractivity contribution in [3.63, 3.8) is 0 Å². The lowest BCUT2D eigenvalue weighted by molar-refractivity contribution is 0.366. The second-order valence-electron chi connectivity index (χ2n) is 3.10. The maximum Gasteiger partial charge on any atom is 0.0120 e. The van der Waals surface area contributed by atoms with Gasteiger partial charge in [0.25, 0.3) is 0 Å². The van der Waals surface area contributed by atoms with Crippen molar-refractivity contribution in [1.82, 2.24) is 0 Å². The maximum absolute atomic E-state index is 3.17. The zero-order chi connectivity index (χ0) is 6.69. The smallest absolute Gasteiger partial charge is 0.0120 e. The predicted molar refractivity (Wildman–Crippen MR) is 40.0 cm³/mol. The van der Waals surface area contributed by atoms with Crippen LogP contribution in [0.4, 0.5) is 0 Å². The van der Waals surface area contributed by atoms with Crippen molar-refractivity contribution in [2.24, 2.45) is 11.8 Å². The quantitative estimate of drug-likeness (QED) is 0.469. The van der Waals surface area contributed by atoms with Crippen LogP contribution in [0.2, 0.25) is 0 Å². The standard InChI is InChI=1S/C9H14/c1-8(2)9-6-4-3-5-7-9/h8-9H,4,6-7H2,1-2H3. The van der Waals surface area contributed by atoms with Gasteiger partial charge in [0, 0.05) is 12.8 Å². The highest BCUT2D eigenvalue weighted by atomic mass is 14.2. The second kappa shape index (κ2) is 2.92. The van der Waals surface area contributed by atoms with E-state index in [0.29, 0.717) is 0 Å². The minimum Gasteiger partial charge on any atom is -0.103 e. The first-order valence-electron chi connectivity index (χ1n) is 3.76. The molecule has 0 saturated heterocycles. The average molecular weight is 122 g/mol. The SMILES string of the molecule is CC(C)C1CC#CCC1. The largest absolute Gasteiger partial charge is 0.103 e. The Hall–Kier alpha value is -0.440. The summed E-state index contributed by atoms with van der Waals surface area (Å²) in [6.45, 7) is 4.58. The molecule has 0 aliphatic heterocycles. The summed E-state index contributed by atoms with van der Waals surface area (Å²) in [5, 5.41) is 0. The molecule has 0 N–H and O–H groups in total. The molecule has 0 heteroatoms. The summed E-state index contributed by atoms with van der Waals surface area (Å²) in [5.41, 5.74) is 0. The molecule has 0 nitrogen and oxygen atoms in total. The molecule has 0 radical (unpaired) electrons. The van der Waals surface area contributed by atoms with Gasteiger partial charge < -0.3 is 0 Å². The summed E-state index contributed by atoms with van der Waals surface area (Å²) >= 11 is 0. The molecule has 0 heterocycles. The van der Waals surface area contributed by atoms with Gasteiger partial charge in [-0.05, 0) is 18.3 Å². The highest BCUT2D eigenvalue weighted by Crippen LogP contribution is 2.22. The summed E-state index contributed by atoms with van der Waals surface area (Å²) in [6.07, 6.45) is 3.59. The molecular weight excluding hydrogens is 108 g/mol. The van der Waals surface area contributed by atoms with Crippen LogP contribution in [0.5, 0.6) is 0 Å². The minimum absolute atomic E-state index is 0.833. The highest BCUT2D eigenvalue weighted by molar-refractivity contribution is 5.04. The molecule has 9 heavy (non-hydrogen) atoms. The first kappa shape index (κ1) is 6.68. The zero-order valence-electron chi connectivity index (χ0n) is 6.28. The molecule has 0 fully saturated rings. The Kier molecular flexibility index (Phi) is 2.16. The Morgan fingerprint density at radius 2 is 2.11 bits per heavy atom. The summed E-state index contributed by atoms with van der Waals surface area (Å²) in [5.74, 6) is 8.00. The van der Waals surface area contributed by atoms with Gasteiger partial charge in [-0.25, -0.2) is 0 Å². The van der Waals surface area contributed by atoms with Crippen LogP contribution in [-0.2, 0) is 0 Å². The minimum atomic E-state index is 0.833. The normalized spacial score (nSPS) is 25.4. The molecule has 0 aromatic heterocycles. The van der Waals surface area contributed by atoms with Crippen molar-refractivity contribution in [2.45, 2.75) is 33.1 Å². The van der Waals surface area contributed by atoms with Crippen molar-refractivity contribution >= 4 is 0 Å². The van der Waals surface area contributed by atoms with Crippen molar-refractivity contribution in [1.29, 1.82) is 0 Å². The number of hydrogen-bond donors (Lipinski definition) is 0. The molecule has 1 atom stereocenters. The second-order valence-corrected chi connectivity index (χ2v) is 3.10. The fraction of sp³-hybridized carbons (Fsp3) is 0.778. The lowest BCUT2D eigenvalue weighted by atomic mass is 9.86. The number of hydrogen-bond acceptors (Lipinski definition) is 0. The molecule has 50 valence electrons. The van der Waals surface area contributed by atoms with E-state index in [1.54, 1.807) is 0 Å². The third-order valence-corrected chi connectivity index (χ3v) is 2.07. The first-order valence-corrected chi connectivity index (χ1v) is 3.76. The Morgan fingerprint density at radius 3 is 2.44 bits per heavy atom. The third-order valence-electron chi connectivity index (χ3n) is 2.07. The van der Waals surface area contributed by atoms with Gasteiger partial charge >= 0.3 is 0 Å². The lowest BCUT2D eigenvalue weighted by Gasteiger charge is -2.18. The van der Waals surface area contributed by atoms with Gasteiger partial charge in [0.05, 0.1) is 0 Å². The molecule has 0 aromatic carbocycles. The molecule has 0 amide bonds. The van der Waals surface area contributed by atoms with Gasteiger partial charge in [-0.3, -0.25) is 0 Å². The monoisotopic (exact) mass is 122 g/mol.